The van der Waals surface area contributed by atoms with Crippen LogP contribution in [0.3, 0.4) is 0 Å². The molecule has 2 heterocycles. The van der Waals surface area contributed by atoms with Crippen LogP contribution in [0.15, 0.2) is 73.1 Å². The van der Waals surface area contributed by atoms with Gasteiger partial charge in [-0.3, -0.25) is 4.68 Å². The van der Waals surface area contributed by atoms with Crippen LogP contribution in [-0.2, 0) is 17.8 Å². The van der Waals surface area contributed by atoms with E-state index in [0.29, 0.717) is 12.5 Å². The number of aromatic nitrogens is 2. The molecule has 2 aliphatic rings. The fraction of sp³-hybridized carbons (Fsp3) is 0.250. The minimum atomic E-state index is -1.18. The Bertz CT molecular complexity index is 1550. The topological polar surface area (TPSA) is 58.4 Å². The molecule has 1 unspecified atom stereocenters. The van der Waals surface area contributed by atoms with Crippen molar-refractivity contribution in [3.8, 4) is 11.1 Å². The third-order valence-electron chi connectivity index (χ3n) is 7.73. The summed E-state index contributed by atoms with van der Waals surface area (Å²) in [5.74, 6) is -1.97. The molecule has 6 rings (SSSR count). The lowest BCUT2D eigenvalue weighted by Crippen LogP contribution is -2.37. The summed E-state index contributed by atoms with van der Waals surface area (Å²) in [6.07, 6.45) is 9.05. The van der Waals surface area contributed by atoms with Crippen molar-refractivity contribution in [3.63, 3.8) is 0 Å². The van der Waals surface area contributed by atoms with E-state index in [9.17, 15) is 4.79 Å². The van der Waals surface area contributed by atoms with Crippen molar-refractivity contribution < 1.29 is 18.7 Å². The molecule has 198 valence electrons. The number of anilines is 1. The lowest BCUT2D eigenvalue weighted by atomic mass is 9.85. The van der Waals surface area contributed by atoms with E-state index in [4.69, 9.17) is 5.11 Å². The third kappa shape index (κ3) is 4.97. The van der Waals surface area contributed by atoms with Gasteiger partial charge < -0.3 is 10.0 Å². The Labute approximate surface area is 226 Å². The summed E-state index contributed by atoms with van der Waals surface area (Å²) in [7, 11) is 0. The highest BCUT2D eigenvalue weighted by Gasteiger charge is 2.34. The van der Waals surface area contributed by atoms with E-state index in [-0.39, 0.29) is 11.1 Å². The standard InChI is InChI=1S/C32H29F2N3O2/c1-2-36-19-25(18-35-36)23-8-11-27-24(17-23)13-14-37(26-9-6-22(7-10-26)21-4-5-21)32(27)31-28(33)15-20(16-29(31)34)3-12-30(38)39/h3,6-12,15-19,21,32H,2,4-5,13-14H2,1H3,(H,38,39)/b12-3+. The van der Waals surface area contributed by atoms with Gasteiger partial charge in [0.15, 0.2) is 0 Å². The van der Waals surface area contributed by atoms with Gasteiger partial charge in [0.05, 0.1) is 17.8 Å². The zero-order valence-electron chi connectivity index (χ0n) is 21.6. The first-order valence-electron chi connectivity index (χ1n) is 13.3. The van der Waals surface area contributed by atoms with Gasteiger partial charge in [-0.1, -0.05) is 30.3 Å². The summed E-state index contributed by atoms with van der Waals surface area (Å²) in [5.41, 5.74) is 6.25. The largest absolute Gasteiger partial charge is 0.478 e. The van der Waals surface area contributed by atoms with Crippen LogP contribution in [0.2, 0.25) is 0 Å². The first-order chi connectivity index (χ1) is 18.9. The highest BCUT2D eigenvalue weighted by molar-refractivity contribution is 5.85. The molecule has 7 heteroatoms. The molecule has 0 saturated heterocycles. The molecule has 4 aromatic rings. The molecule has 39 heavy (non-hydrogen) atoms. The van der Waals surface area contributed by atoms with Crippen molar-refractivity contribution >= 4 is 17.7 Å². The maximum absolute atomic E-state index is 15.7. The average Bonchev–Trinajstić information content (AvgIpc) is 3.67. The molecule has 1 N–H and O–H groups in total. The predicted molar refractivity (Wildman–Crippen MR) is 148 cm³/mol. The van der Waals surface area contributed by atoms with Gasteiger partial charge in [0.1, 0.15) is 11.6 Å². The van der Waals surface area contributed by atoms with E-state index in [1.165, 1.54) is 36.6 Å². The molecule has 1 fully saturated rings. The Balaban J connectivity index is 1.45. The molecule has 3 aromatic carbocycles. The van der Waals surface area contributed by atoms with Crippen LogP contribution in [-0.4, -0.2) is 27.4 Å². The Hall–Kier alpha value is -4.26. The van der Waals surface area contributed by atoms with E-state index in [2.05, 4.69) is 40.3 Å². The quantitative estimate of drug-likeness (QED) is 0.265. The molecule has 1 aliphatic carbocycles. The summed E-state index contributed by atoms with van der Waals surface area (Å²) >= 11 is 0. The van der Waals surface area contributed by atoms with E-state index < -0.39 is 23.6 Å². The Morgan fingerprint density at radius 3 is 2.44 bits per heavy atom. The van der Waals surface area contributed by atoms with Crippen molar-refractivity contribution in [1.29, 1.82) is 0 Å². The Morgan fingerprint density at radius 2 is 1.79 bits per heavy atom. The zero-order valence-corrected chi connectivity index (χ0v) is 21.6. The zero-order chi connectivity index (χ0) is 27.1. The second kappa shape index (κ2) is 10.1. The molecule has 1 atom stereocenters. The van der Waals surface area contributed by atoms with Crippen LogP contribution in [0, 0.1) is 11.6 Å². The minimum Gasteiger partial charge on any atom is -0.478 e. The molecule has 0 spiro atoms. The number of carboxylic acid groups (broad SMARTS) is 1. The number of halogens is 2. The van der Waals surface area contributed by atoms with Gasteiger partial charge in [-0.25, -0.2) is 13.6 Å². The maximum Gasteiger partial charge on any atom is 0.328 e. The minimum absolute atomic E-state index is 0.0405. The number of rotatable bonds is 7. The number of carboxylic acids is 1. The second-order valence-corrected chi connectivity index (χ2v) is 10.3. The van der Waals surface area contributed by atoms with Crippen LogP contribution in [0.1, 0.15) is 59.5 Å². The molecule has 0 amide bonds. The lowest BCUT2D eigenvalue weighted by molar-refractivity contribution is -0.131. The van der Waals surface area contributed by atoms with Gasteiger partial charge in [0, 0.05) is 36.6 Å². The number of carbonyl (C=O) groups is 1. The van der Waals surface area contributed by atoms with E-state index in [1.807, 2.05) is 36.1 Å². The number of aryl methyl sites for hydroxylation is 1. The highest BCUT2D eigenvalue weighted by Crippen LogP contribution is 2.44. The number of hydrogen-bond acceptors (Lipinski definition) is 3. The van der Waals surface area contributed by atoms with Crippen molar-refractivity contribution in [1.82, 2.24) is 9.78 Å². The first kappa shape index (κ1) is 25.0. The van der Waals surface area contributed by atoms with Gasteiger partial charge in [0.2, 0.25) is 0 Å². The summed E-state index contributed by atoms with van der Waals surface area (Å²) in [6, 6.07) is 16.2. The Kier molecular flexibility index (Phi) is 6.51. The predicted octanol–water partition coefficient (Wildman–Crippen LogP) is 6.98. The third-order valence-corrected chi connectivity index (χ3v) is 7.73. The molecule has 1 aromatic heterocycles. The number of aliphatic carboxylic acids is 1. The number of fused-ring (bicyclic) bond motifs is 1. The lowest BCUT2D eigenvalue weighted by Gasteiger charge is -2.40. The maximum atomic E-state index is 15.7. The fourth-order valence-corrected chi connectivity index (χ4v) is 5.57. The molecule has 5 nitrogen and oxygen atoms in total. The molecular weight excluding hydrogens is 496 g/mol. The summed E-state index contributed by atoms with van der Waals surface area (Å²) in [5, 5.41) is 13.3. The van der Waals surface area contributed by atoms with Crippen molar-refractivity contribution in [2.45, 2.75) is 44.7 Å². The van der Waals surface area contributed by atoms with Gasteiger partial charge >= 0.3 is 5.97 Å². The molecule has 1 aliphatic heterocycles. The van der Waals surface area contributed by atoms with Crippen molar-refractivity contribution in [2.75, 3.05) is 11.4 Å². The van der Waals surface area contributed by atoms with Crippen molar-refractivity contribution in [2.24, 2.45) is 0 Å². The molecule has 0 radical (unpaired) electrons. The first-order valence-corrected chi connectivity index (χ1v) is 13.3. The van der Waals surface area contributed by atoms with E-state index in [0.717, 1.165) is 47.0 Å². The van der Waals surface area contributed by atoms with Crippen LogP contribution in [0.5, 0.6) is 0 Å². The number of benzene rings is 3. The Morgan fingerprint density at radius 1 is 1.05 bits per heavy atom. The van der Waals surface area contributed by atoms with Crippen molar-refractivity contribution in [3.05, 3.63) is 113 Å². The van der Waals surface area contributed by atoms with Crippen LogP contribution in [0.25, 0.3) is 17.2 Å². The summed E-state index contributed by atoms with van der Waals surface area (Å²) in [4.78, 5) is 13.0. The molecule has 0 bridgehead atoms. The van der Waals surface area contributed by atoms with E-state index >= 15 is 8.78 Å². The van der Waals surface area contributed by atoms with Crippen LogP contribution < -0.4 is 4.90 Å². The van der Waals surface area contributed by atoms with Crippen LogP contribution in [0.4, 0.5) is 14.5 Å². The van der Waals surface area contributed by atoms with Gasteiger partial charge in [-0.05, 0) is 90.3 Å². The summed E-state index contributed by atoms with van der Waals surface area (Å²) in [6.45, 7) is 3.40. The molecular formula is C32H29F2N3O2. The fourth-order valence-electron chi connectivity index (χ4n) is 5.57. The van der Waals surface area contributed by atoms with Crippen LogP contribution >= 0.6 is 0 Å². The SMILES string of the molecule is CCn1cc(-c2ccc3c(c2)CCN(c2ccc(C4CC4)cc2)C3c2c(F)cc(/C=C/C(=O)O)cc2F)cn1. The van der Waals surface area contributed by atoms with Gasteiger partial charge in [-0.15, -0.1) is 0 Å². The smallest absolute Gasteiger partial charge is 0.328 e. The normalized spacial score (nSPS) is 17.0. The average molecular weight is 526 g/mol. The van der Waals surface area contributed by atoms with Gasteiger partial charge in [0.25, 0.3) is 0 Å². The number of nitrogens with zero attached hydrogens (tertiary/aromatic N) is 3. The second-order valence-electron chi connectivity index (χ2n) is 10.3. The van der Waals surface area contributed by atoms with Gasteiger partial charge in [-0.2, -0.15) is 5.10 Å². The summed E-state index contributed by atoms with van der Waals surface area (Å²) < 4.78 is 33.3. The highest BCUT2D eigenvalue weighted by atomic mass is 19.1. The number of hydrogen-bond donors (Lipinski definition) is 1. The monoisotopic (exact) mass is 525 g/mol. The molecule has 1 saturated carbocycles. The van der Waals surface area contributed by atoms with E-state index in [1.54, 1.807) is 0 Å².